The molecule has 0 radical (unpaired) electrons. The Labute approximate surface area is 210 Å². The lowest BCUT2D eigenvalue weighted by atomic mass is 10.1. The zero-order valence-electron chi connectivity index (χ0n) is 19.1. The number of sulfonamides is 1. The number of fused-ring (bicyclic) bond motifs is 1. The summed E-state index contributed by atoms with van der Waals surface area (Å²) in [6, 6.07) is 26.6. The van der Waals surface area contributed by atoms with Crippen molar-refractivity contribution in [3.05, 3.63) is 102 Å². The highest BCUT2D eigenvalue weighted by atomic mass is 35.5. The van der Waals surface area contributed by atoms with E-state index in [4.69, 9.17) is 16.3 Å². The van der Waals surface area contributed by atoms with E-state index in [-0.39, 0.29) is 24.6 Å². The third-order valence-electron chi connectivity index (χ3n) is 5.39. The van der Waals surface area contributed by atoms with Gasteiger partial charge in [-0.1, -0.05) is 54.1 Å². The van der Waals surface area contributed by atoms with Gasteiger partial charge in [-0.15, -0.1) is 0 Å². The monoisotopic (exact) mass is 508 g/mol. The summed E-state index contributed by atoms with van der Waals surface area (Å²) < 4.78 is 33.6. The number of amides is 1. The van der Waals surface area contributed by atoms with Crippen LogP contribution in [-0.4, -0.2) is 34.0 Å². The standard InChI is InChI=1S/C27H25ClN2O4S/c1-20-5-4-8-24(17-20)30(35(32,33)26-13-10-23(28)11-14-26)19-27(31)29-15-16-34-25-12-9-21-6-2-3-7-22(21)18-25/h2-14,17-18H,15-16,19H2,1H3,(H,29,31). The van der Waals surface area contributed by atoms with Crippen LogP contribution in [0.3, 0.4) is 0 Å². The van der Waals surface area contributed by atoms with Gasteiger partial charge in [0, 0.05) is 5.02 Å². The van der Waals surface area contributed by atoms with Crippen LogP contribution in [0.15, 0.2) is 95.9 Å². The number of hydrogen-bond donors (Lipinski definition) is 1. The normalized spacial score (nSPS) is 11.3. The van der Waals surface area contributed by atoms with E-state index in [1.807, 2.05) is 55.5 Å². The molecule has 35 heavy (non-hydrogen) atoms. The molecule has 6 nitrogen and oxygen atoms in total. The average molecular weight is 509 g/mol. The molecule has 0 aliphatic heterocycles. The fourth-order valence-corrected chi connectivity index (χ4v) is 5.17. The summed E-state index contributed by atoms with van der Waals surface area (Å²) in [5, 5.41) is 5.35. The number of aryl methyl sites for hydroxylation is 1. The molecule has 0 bridgehead atoms. The maximum atomic E-state index is 13.4. The Balaban J connectivity index is 1.42. The van der Waals surface area contributed by atoms with Gasteiger partial charge in [0.25, 0.3) is 10.0 Å². The van der Waals surface area contributed by atoms with Gasteiger partial charge in [0.05, 0.1) is 17.1 Å². The summed E-state index contributed by atoms with van der Waals surface area (Å²) >= 11 is 5.92. The maximum Gasteiger partial charge on any atom is 0.264 e. The van der Waals surface area contributed by atoms with Gasteiger partial charge in [-0.3, -0.25) is 9.10 Å². The molecule has 8 heteroatoms. The minimum atomic E-state index is -3.99. The number of hydrogen-bond acceptors (Lipinski definition) is 4. The van der Waals surface area contributed by atoms with Crippen LogP contribution < -0.4 is 14.4 Å². The molecule has 0 spiro atoms. The van der Waals surface area contributed by atoms with Crippen molar-refractivity contribution in [1.29, 1.82) is 0 Å². The Morgan fingerprint density at radius 2 is 1.66 bits per heavy atom. The topological polar surface area (TPSA) is 75.7 Å². The molecule has 0 aliphatic rings. The molecule has 4 aromatic carbocycles. The molecule has 0 aromatic heterocycles. The van der Waals surface area contributed by atoms with Gasteiger partial charge >= 0.3 is 0 Å². The molecule has 0 aliphatic carbocycles. The Kier molecular flexibility index (Phi) is 7.58. The molecule has 0 heterocycles. The van der Waals surface area contributed by atoms with E-state index < -0.39 is 15.9 Å². The van der Waals surface area contributed by atoms with Crippen molar-refractivity contribution in [2.24, 2.45) is 0 Å². The van der Waals surface area contributed by atoms with E-state index in [2.05, 4.69) is 5.32 Å². The molecule has 0 unspecified atom stereocenters. The first-order valence-electron chi connectivity index (χ1n) is 11.1. The summed E-state index contributed by atoms with van der Waals surface area (Å²) in [5.74, 6) is 0.260. The molecule has 0 atom stereocenters. The van der Waals surface area contributed by atoms with Crippen LogP contribution in [-0.2, 0) is 14.8 Å². The van der Waals surface area contributed by atoms with Crippen molar-refractivity contribution in [2.45, 2.75) is 11.8 Å². The summed E-state index contributed by atoms with van der Waals surface area (Å²) in [6.45, 7) is 1.97. The fraction of sp³-hybridized carbons (Fsp3) is 0.148. The predicted octanol–water partition coefficient (Wildman–Crippen LogP) is 5.19. The maximum absolute atomic E-state index is 13.4. The first-order valence-corrected chi connectivity index (χ1v) is 12.9. The summed E-state index contributed by atoms with van der Waals surface area (Å²) in [5.41, 5.74) is 1.28. The van der Waals surface area contributed by atoms with E-state index >= 15 is 0 Å². The zero-order valence-corrected chi connectivity index (χ0v) is 20.7. The van der Waals surface area contributed by atoms with E-state index in [9.17, 15) is 13.2 Å². The lowest BCUT2D eigenvalue weighted by Crippen LogP contribution is -2.42. The molecule has 180 valence electrons. The molecular formula is C27H25ClN2O4S. The van der Waals surface area contributed by atoms with Gasteiger partial charge in [-0.25, -0.2) is 8.42 Å². The third-order valence-corrected chi connectivity index (χ3v) is 7.43. The smallest absolute Gasteiger partial charge is 0.264 e. The van der Waals surface area contributed by atoms with Crippen molar-refractivity contribution >= 4 is 44.0 Å². The van der Waals surface area contributed by atoms with Crippen molar-refractivity contribution in [2.75, 3.05) is 24.0 Å². The first kappa shape index (κ1) is 24.6. The van der Waals surface area contributed by atoms with Gasteiger partial charge in [-0.2, -0.15) is 0 Å². The van der Waals surface area contributed by atoms with E-state index in [0.717, 1.165) is 20.6 Å². The van der Waals surface area contributed by atoms with E-state index in [1.165, 1.54) is 24.3 Å². The van der Waals surface area contributed by atoms with Crippen LogP contribution >= 0.6 is 11.6 Å². The second-order valence-corrected chi connectivity index (χ2v) is 10.3. The van der Waals surface area contributed by atoms with Crippen molar-refractivity contribution in [3.63, 3.8) is 0 Å². The summed E-state index contributed by atoms with van der Waals surface area (Å²) in [7, 11) is -3.99. The second-order valence-electron chi connectivity index (χ2n) is 8.01. The SMILES string of the molecule is Cc1cccc(N(CC(=O)NCCOc2ccc3ccccc3c2)S(=O)(=O)c2ccc(Cl)cc2)c1. The molecule has 0 saturated carbocycles. The highest BCUT2D eigenvalue weighted by molar-refractivity contribution is 7.92. The Hall–Kier alpha value is -3.55. The van der Waals surface area contributed by atoms with Gasteiger partial charge in [0.15, 0.2) is 0 Å². The van der Waals surface area contributed by atoms with Crippen molar-refractivity contribution in [3.8, 4) is 5.75 Å². The van der Waals surface area contributed by atoms with Crippen molar-refractivity contribution in [1.82, 2.24) is 5.32 Å². The number of carbonyl (C=O) groups excluding carboxylic acids is 1. The second kappa shape index (κ2) is 10.8. The van der Waals surface area contributed by atoms with Crippen LogP contribution in [0.4, 0.5) is 5.69 Å². The van der Waals surface area contributed by atoms with Gasteiger partial charge in [0.1, 0.15) is 18.9 Å². The minimum absolute atomic E-state index is 0.0517. The van der Waals surface area contributed by atoms with Gasteiger partial charge in [-0.05, 0) is 71.8 Å². The number of ether oxygens (including phenoxy) is 1. The van der Waals surface area contributed by atoms with E-state index in [1.54, 1.807) is 18.2 Å². The van der Waals surface area contributed by atoms with Crippen LogP contribution in [0.1, 0.15) is 5.56 Å². The fourth-order valence-electron chi connectivity index (χ4n) is 3.63. The third kappa shape index (κ3) is 6.12. The number of nitrogens with one attached hydrogen (secondary N) is 1. The summed E-state index contributed by atoms with van der Waals surface area (Å²) in [4.78, 5) is 12.8. The van der Waals surface area contributed by atoms with Crippen LogP contribution in [0.5, 0.6) is 5.75 Å². The predicted molar refractivity (Wildman–Crippen MR) is 140 cm³/mol. The number of nitrogens with zero attached hydrogens (tertiary/aromatic N) is 1. The highest BCUT2D eigenvalue weighted by Gasteiger charge is 2.27. The molecule has 4 aromatic rings. The van der Waals surface area contributed by atoms with Crippen LogP contribution in [0.25, 0.3) is 10.8 Å². The molecule has 1 N–H and O–H groups in total. The molecular weight excluding hydrogens is 484 g/mol. The number of benzene rings is 4. The average Bonchev–Trinajstić information content (AvgIpc) is 2.85. The lowest BCUT2D eigenvalue weighted by Gasteiger charge is -2.24. The first-order chi connectivity index (χ1) is 16.8. The molecule has 0 fully saturated rings. The van der Waals surface area contributed by atoms with Gasteiger partial charge in [0.2, 0.25) is 5.91 Å². The number of halogens is 1. The van der Waals surface area contributed by atoms with Crippen LogP contribution in [0.2, 0.25) is 5.02 Å². The Morgan fingerprint density at radius 1 is 0.914 bits per heavy atom. The summed E-state index contributed by atoms with van der Waals surface area (Å²) in [6.07, 6.45) is 0. The van der Waals surface area contributed by atoms with E-state index in [0.29, 0.717) is 16.5 Å². The zero-order chi connectivity index (χ0) is 24.8. The quantitative estimate of drug-likeness (QED) is 0.316. The number of rotatable bonds is 9. The largest absolute Gasteiger partial charge is 0.492 e. The van der Waals surface area contributed by atoms with Crippen LogP contribution in [0, 0.1) is 6.92 Å². The number of anilines is 1. The lowest BCUT2D eigenvalue weighted by molar-refractivity contribution is -0.119. The highest BCUT2D eigenvalue weighted by Crippen LogP contribution is 2.25. The minimum Gasteiger partial charge on any atom is -0.492 e. The molecule has 4 rings (SSSR count). The molecule has 0 saturated heterocycles. The Bertz CT molecular complexity index is 1440. The number of carbonyl (C=O) groups is 1. The van der Waals surface area contributed by atoms with Crippen molar-refractivity contribution < 1.29 is 17.9 Å². The Morgan fingerprint density at radius 3 is 2.40 bits per heavy atom. The molecule has 1 amide bonds. The van der Waals surface area contributed by atoms with Gasteiger partial charge < -0.3 is 10.1 Å².